The van der Waals surface area contributed by atoms with E-state index in [1.54, 1.807) is 0 Å². The molecule has 1 aliphatic rings. The highest BCUT2D eigenvalue weighted by Crippen LogP contribution is 2.07. The van der Waals surface area contributed by atoms with Crippen LogP contribution in [0.5, 0.6) is 0 Å². The summed E-state index contributed by atoms with van der Waals surface area (Å²) in [5.74, 6) is -0.282. The van der Waals surface area contributed by atoms with Gasteiger partial charge in [-0.15, -0.1) is 0 Å². The average Bonchev–Trinajstić information content (AvgIpc) is 2.42. The molecule has 1 heterocycles. The van der Waals surface area contributed by atoms with Crippen LogP contribution in [0, 0.1) is 0 Å². The quantitative estimate of drug-likeness (QED) is 0.647. The predicted octanol–water partition coefficient (Wildman–Crippen LogP) is -0.606. The predicted molar refractivity (Wildman–Crippen MR) is 74.6 cm³/mol. The first-order chi connectivity index (χ1) is 9.06. The minimum atomic E-state index is -0.379. The van der Waals surface area contributed by atoms with E-state index in [2.05, 4.69) is 12.2 Å². The van der Waals surface area contributed by atoms with Crippen molar-refractivity contribution in [1.29, 1.82) is 0 Å². The smallest absolute Gasteiger partial charge is 0.239 e. The number of rotatable bonds is 7. The van der Waals surface area contributed by atoms with E-state index in [4.69, 9.17) is 5.73 Å². The number of nitrogens with two attached hydrogens (primary N) is 1. The number of hydrogen-bond acceptors (Lipinski definition) is 4. The van der Waals surface area contributed by atoms with Gasteiger partial charge >= 0.3 is 0 Å². The topological polar surface area (TPSA) is 78.7 Å². The molecule has 1 rings (SSSR count). The van der Waals surface area contributed by atoms with Crippen molar-refractivity contribution in [3.05, 3.63) is 0 Å². The molecule has 0 bridgehead atoms. The van der Waals surface area contributed by atoms with Gasteiger partial charge in [0.15, 0.2) is 0 Å². The van der Waals surface area contributed by atoms with Gasteiger partial charge in [0.25, 0.3) is 0 Å². The minimum absolute atomic E-state index is 0.0962. The second kappa shape index (κ2) is 8.12. The Kier molecular flexibility index (Phi) is 6.80. The van der Waals surface area contributed by atoms with E-state index in [9.17, 15) is 9.59 Å². The number of nitrogens with zero attached hydrogens (tertiary/aromatic N) is 2. The maximum absolute atomic E-state index is 12.4. The summed E-state index contributed by atoms with van der Waals surface area (Å²) in [6, 6.07) is -0.280. The number of piperazine rings is 1. The van der Waals surface area contributed by atoms with Crippen molar-refractivity contribution >= 4 is 11.8 Å². The van der Waals surface area contributed by atoms with E-state index in [0.29, 0.717) is 0 Å². The molecule has 3 N–H and O–H groups in total. The molecule has 1 saturated heterocycles. The molecule has 6 heteroatoms. The fraction of sp³-hybridized carbons (Fsp3) is 0.846. The Hall–Kier alpha value is -1.14. The summed E-state index contributed by atoms with van der Waals surface area (Å²) in [5.41, 5.74) is 5.27. The standard InChI is InChI=1S/C13H26N4O2/c1-3-4-7-17(10-12(14)18)11(2)13(19)16-8-5-15-6-9-16/h11,15H,3-10H2,1-2H3,(H2,14,18). The van der Waals surface area contributed by atoms with Crippen LogP contribution in [0.2, 0.25) is 0 Å². The van der Waals surface area contributed by atoms with Crippen molar-refractivity contribution in [1.82, 2.24) is 15.1 Å². The first kappa shape index (κ1) is 15.9. The number of carbonyl (C=O) groups is 2. The molecule has 110 valence electrons. The summed E-state index contributed by atoms with van der Waals surface area (Å²) in [5, 5.41) is 3.22. The van der Waals surface area contributed by atoms with Crippen LogP contribution in [-0.2, 0) is 9.59 Å². The van der Waals surface area contributed by atoms with Gasteiger partial charge in [0.05, 0.1) is 12.6 Å². The van der Waals surface area contributed by atoms with Crippen molar-refractivity contribution < 1.29 is 9.59 Å². The first-order valence-electron chi connectivity index (χ1n) is 7.08. The molecule has 1 aliphatic heterocycles. The van der Waals surface area contributed by atoms with Gasteiger partial charge in [-0.3, -0.25) is 14.5 Å². The Morgan fingerprint density at radius 3 is 2.53 bits per heavy atom. The highest BCUT2D eigenvalue weighted by atomic mass is 16.2. The van der Waals surface area contributed by atoms with Gasteiger partial charge in [-0.2, -0.15) is 0 Å². The monoisotopic (exact) mass is 270 g/mol. The Labute approximate surface area is 115 Å². The van der Waals surface area contributed by atoms with Gasteiger partial charge in [0, 0.05) is 26.2 Å². The zero-order chi connectivity index (χ0) is 14.3. The molecular formula is C13H26N4O2. The van der Waals surface area contributed by atoms with Crippen molar-refractivity contribution in [3.8, 4) is 0 Å². The lowest BCUT2D eigenvalue weighted by molar-refractivity contribution is -0.137. The largest absolute Gasteiger partial charge is 0.369 e. The molecular weight excluding hydrogens is 244 g/mol. The van der Waals surface area contributed by atoms with Crippen LogP contribution >= 0.6 is 0 Å². The van der Waals surface area contributed by atoms with Gasteiger partial charge in [-0.05, 0) is 19.9 Å². The van der Waals surface area contributed by atoms with Crippen LogP contribution in [0.3, 0.4) is 0 Å². The number of unbranched alkanes of at least 4 members (excludes halogenated alkanes) is 1. The number of hydrogen-bond donors (Lipinski definition) is 2. The highest BCUT2D eigenvalue weighted by Gasteiger charge is 2.27. The van der Waals surface area contributed by atoms with Crippen molar-refractivity contribution in [2.24, 2.45) is 5.73 Å². The Morgan fingerprint density at radius 2 is 2.00 bits per heavy atom. The maximum atomic E-state index is 12.4. The van der Waals surface area contributed by atoms with E-state index in [1.165, 1.54) is 0 Å². The van der Waals surface area contributed by atoms with Crippen LogP contribution in [-0.4, -0.2) is 66.9 Å². The molecule has 0 aliphatic carbocycles. The maximum Gasteiger partial charge on any atom is 0.239 e. The van der Waals surface area contributed by atoms with E-state index >= 15 is 0 Å². The van der Waals surface area contributed by atoms with Crippen LogP contribution in [0.1, 0.15) is 26.7 Å². The van der Waals surface area contributed by atoms with Crippen molar-refractivity contribution in [2.75, 3.05) is 39.3 Å². The second-order valence-electron chi connectivity index (χ2n) is 5.04. The third kappa shape index (κ3) is 5.16. The molecule has 2 amide bonds. The van der Waals surface area contributed by atoms with Gasteiger partial charge < -0.3 is 16.0 Å². The number of primary amides is 1. The molecule has 0 aromatic rings. The summed E-state index contributed by atoms with van der Waals surface area (Å²) in [6.45, 7) is 7.99. The molecule has 0 saturated carbocycles. The normalized spacial score (nSPS) is 17.5. The Morgan fingerprint density at radius 1 is 1.37 bits per heavy atom. The van der Waals surface area contributed by atoms with Crippen LogP contribution in [0.4, 0.5) is 0 Å². The Bertz CT molecular complexity index is 303. The minimum Gasteiger partial charge on any atom is -0.369 e. The molecule has 0 radical (unpaired) electrons. The summed E-state index contributed by atoms with van der Waals surface area (Å²) >= 11 is 0. The summed E-state index contributed by atoms with van der Waals surface area (Å²) < 4.78 is 0. The SMILES string of the molecule is CCCCN(CC(N)=O)C(C)C(=O)N1CCNCC1. The summed E-state index contributed by atoms with van der Waals surface area (Å²) in [6.07, 6.45) is 2.00. The zero-order valence-electron chi connectivity index (χ0n) is 12.0. The number of carbonyl (C=O) groups excluding carboxylic acids is 2. The average molecular weight is 270 g/mol. The molecule has 0 spiro atoms. The third-order valence-electron chi connectivity index (χ3n) is 3.49. The molecule has 1 atom stereocenters. The van der Waals surface area contributed by atoms with E-state index in [1.807, 2.05) is 16.7 Å². The second-order valence-corrected chi connectivity index (χ2v) is 5.04. The van der Waals surface area contributed by atoms with Gasteiger partial charge in [0.1, 0.15) is 0 Å². The first-order valence-corrected chi connectivity index (χ1v) is 7.08. The van der Waals surface area contributed by atoms with E-state index < -0.39 is 0 Å². The lowest BCUT2D eigenvalue weighted by atomic mass is 10.2. The van der Waals surface area contributed by atoms with Gasteiger partial charge in [-0.1, -0.05) is 13.3 Å². The summed E-state index contributed by atoms with van der Waals surface area (Å²) in [7, 11) is 0. The van der Waals surface area contributed by atoms with E-state index in [0.717, 1.165) is 45.6 Å². The fourth-order valence-corrected chi connectivity index (χ4v) is 2.28. The molecule has 0 aromatic heterocycles. The third-order valence-corrected chi connectivity index (χ3v) is 3.49. The molecule has 1 unspecified atom stereocenters. The molecule has 1 fully saturated rings. The van der Waals surface area contributed by atoms with Crippen LogP contribution < -0.4 is 11.1 Å². The van der Waals surface area contributed by atoms with Crippen molar-refractivity contribution in [3.63, 3.8) is 0 Å². The highest BCUT2D eigenvalue weighted by molar-refractivity contribution is 5.83. The molecule has 0 aromatic carbocycles. The fourth-order valence-electron chi connectivity index (χ4n) is 2.28. The molecule has 6 nitrogen and oxygen atoms in total. The van der Waals surface area contributed by atoms with Crippen LogP contribution in [0.15, 0.2) is 0 Å². The Balaban J connectivity index is 2.59. The molecule has 19 heavy (non-hydrogen) atoms. The number of nitrogens with one attached hydrogen (secondary N) is 1. The zero-order valence-corrected chi connectivity index (χ0v) is 12.0. The number of amides is 2. The lowest BCUT2D eigenvalue weighted by Gasteiger charge is -2.34. The summed E-state index contributed by atoms with van der Waals surface area (Å²) in [4.78, 5) is 27.3. The van der Waals surface area contributed by atoms with Crippen molar-refractivity contribution in [2.45, 2.75) is 32.7 Å². The van der Waals surface area contributed by atoms with Gasteiger partial charge in [0.2, 0.25) is 11.8 Å². The lowest BCUT2D eigenvalue weighted by Crippen LogP contribution is -2.54. The van der Waals surface area contributed by atoms with E-state index in [-0.39, 0.29) is 24.4 Å². The van der Waals surface area contributed by atoms with Gasteiger partial charge in [-0.25, -0.2) is 0 Å². The van der Waals surface area contributed by atoms with Crippen LogP contribution in [0.25, 0.3) is 0 Å².